The molecule has 1 saturated carbocycles. The first kappa shape index (κ1) is 17.0. The van der Waals surface area contributed by atoms with Gasteiger partial charge in [-0.1, -0.05) is 5.16 Å². The normalized spacial score (nSPS) is 24.2. The van der Waals surface area contributed by atoms with Gasteiger partial charge in [-0.25, -0.2) is 0 Å². The molecule has 0 unspecified atom stereocenters. The van der Waals surface area contributed by atoms with Crippen LogP contribution in [-0.2, 0) is 22.7 Å². The van der Waals surface area contributed by atoms with E-state index in [0.717, 1.165) is 57.8 Å². The largest absolute Gasteiger partial charge is 0.377 e. The van der Waals surface area contributed by atoms with Gasteiger partial charge in [0.2, 0.25) is 11.8 Å². The van der Waals surface area contributed by atoms with Crippen LogP contribution in [0.15, 0.2) is 4.52 Å². The summed E-state index contributed by atoms with van der Waals surface area (Å²) in [5.74, 6) is 2.42. The van der Waals surface area contributed by atoms with Crippen LogP contribution in [-0.4, -0.2) is 59.1 Å². The summed E-state index contributed by atoms with van der Waals surface area (Å²) in [6, 6.07) is 0. The van der Waals surface area contributed by atoms with Gasteiger partial charge in [0.15, 0.2) is 5.82 Å². The maximum Gasteiger partial charge on any atom is 0.240 e. The number of nitrogens with zero attached hydrogens (tertiary/aromatic N) is 4. The van der Waals surface area contributed by atoms with Crippen molar-refractivity contribution in [2.24, 2.45) is 11.3 Å². The standard InChI is InChI=1S/C18H28N4O3/c1-24-12-15-19-16(25-20-15)11-21-8-6-18(7-9-21)5-4-17(23)22(13-18)10-14-2-3-14/h14H,2-13H2,1H3. The van der Waals surface area contributed by atoms with Crippen LogP contribution in [0, 0.1) is 11.3 Å². The average molecular weight is 348 g/mol. The van der Waals surface area contributed by atoms with Crippen molar-refractivity contribution >= 4 is 5.91 Å². The van der Waals surface area contributed by atoms with E-state index in [1.54, 1.807) is 7.11 Å². The fourth-order valence-corrected chi connectivity index (χ4v) is 4.21. The van der Waals surface area contributed by atoms with Crippen LogP contribution in [0.1, 0.15) is 50.2 Å². The maximum atomic E-state index is 12.2. The lowest BCUT2D eigenvalue weighted by Crippen LogP contribution is -2.51. The molecule has 3 aliphatic rings. The summed E-state index contributed by atoms with van der Waals surface area (Å²) < 4.78 is 10.3. The minimum atomic E-state index is 0.329. The number of carbonyl (C=O) groups excluding carboxylic acids is 1. The third-order valence-electron chi connectivity index (χ3n) is 5.98. The van der Waals surface area contributed by atoms with E-state index in [0.29, 0.717) is 36.2 Å². The van der Waals surface area contributed by atoms with E-state index >= 15 is 0 Å². The van der Waals surface area contributed by atoms with E-state index in [1.807, 2.05) is 0 Å². The molecular formula is C18H28N4O3. The highest BCUT2D eigenvalue weighted by molar-refractivity contribution is 5.77. The molecule has 1 aliphatic carbocycles. The topological polar surface area (TPSA) is 71.7 Å². The Labute approximate surface area is 148 Å². The second kappa shape index (κ2) is 7.03. The van der Waals surface area contributed by atoms with E-state index in [9.17, 15) is 4.79 Å². The number of rotatable bonds is 6. The Hall–Kier alpha value is -1.47. The third-order valence-corrected chi connectivity index (χ3v) is 5.98. The molecule has 3 fully saturated rings. The number of ether oxygens (including phenoxy) is 1. The fourth-order valence-electron chi connectivity index (χ4n) is 4.21. The van der Waals surface area contributed by atoms with Crippen molar-refractivity contribution in [3.8, 4) is 0 Å². The summed E-state index contributed by atoms with van der Waals surface area (Å²) in [5.41, 5.74) is 0.329. The van der Waals surface area contributed by atoms with Crippen LogP contribution in [0.2, 0.25) is 0 Å². The van der Waals surface area contributed by atoms with E-state index in [2.05, 4.69) is 19.9 Å². The summed E-state index contributed by atoms with van der Waals surface area (Å²) in [5, 5.41) is 3.92. The van der Waals surface area contributed by atoms with Gasteiger partial charge in [0.1, 0.15) is 6.61 Å². The van der Waals surface area contributed by atoms with Crippen LogP contribution < -0.4 is 0 Å². The van der Waals surface area contributed by atoms with E-state index in [4.69, 9.17) is 9.26 Å². The lowest BCUT2D eigenvalue weighted by atomic mass is 9.72. The highest BCUT2D eigenvalue weighted by Crippen LogP contribution is 2.41. The molecule has 1 spiro atoms. The molecule has 138 valence electrons. The molecule has 0 radical (unpaired) electrons. The van der Waals surface area contributed by atoms with Crippen LogP contribution in [0.25, 0.3) is 0 Å². The molecule has 0 aromatic carbocycles. The second-order valence-electron chi connectivity index (χ2n) is 8.03. The van der Waals surface area contributed by atoms with Gasteiger partial charge >= 0.3 is 0 Å². The first-order valence-corrected chi connectivity index (χ1v) is 9.46. The lowest BCUT2D eigenvalue weighted by Gasteiger charge is -2.47. The quantitative estimate of drug-likeness (QED) is 0.781. The number of aromatic nitrogens is 2. The van der Waals surface area contributed by atoms with E-state index < -0.39 is 0 Å². The zero-order chi connectivity index (χ0) is 17.3. The zero-order valence-electron chi connectivity index (χ0n) is 15.1. The van der Waals surface area contributed by atoms with Gasteiger partial charge in [0, 0.05) is 26.6 Å². The molecular weight excluding hydrogens is 320 g/mol. The van der Waals surface area contributed by atoms with Crippen LogP contribution in [0.5, 0.6) is 0 Å². The molecule has 1 aromatic heterocycles. The Morgan fingerprint density at radius 3 is 2.80 bits per heavy atom. The summed E-state index contributed by atoms with van der Waals surface area (Å²) in [7, 11) is 1.63. The number of amides is 1. The first-order valence-electron chi connectivity index (χ1n) is 9.46. The number of hydrogen-bond donors (Lipinski definition) is 0. The second-order valence-corrected chi connectivity index (χ2v) is 8.03. The number of hydrogen-bond acceptors (Lipinski definition) is 6. The molecule has 0 N–H and O–H groups in total. The molecule has 0 bridgehead atoms. The van der Waals surface area contributed by atoms with E-state index in [1.165, 1.54) is 12.8 Å². The van der Waals surface area contributed by atoms with Crippen molar-refractivity contribution in [3.05, 3.63) is 11.7 Å². The van der Waals surface area contributed by atoms with Crippen molar-refractivity contribution in [1.29, 1.82) is 0 Å². The monoisotopic (exact) mass is 348 g/mol. The first-order chi connectivity index (χ1) is 12.2. The van der Waals surface area contributed by atoms with Crippen molar-refractivity contribution in [2.45, 2.75) is 51.7 Å². The van der Waals surface area contributed by atoms with Crippen LogP contribution >= 0.6 is 0 Å². The number of methoxy groups -OCH3 is 1. The summed E-state index contributed by atoms with van der Waals surface area (Å²) in [6.45, 7) is 5.12. The Balaban J connectivity index is 1.30. The summed E-state index contributed by atoms with van der Waals surface area (Å²) in [4.78, 5) is 21.1. The predicted molar refractivity (Wildman–Crippen MR) is 90.5 cm³/mol. The Morgan fingerprint density at radius 1 is 1.28 bits per heavy atom. The molecule has 0 atom stereocenters. The van der Waals surface area contributed by atoms with Gasteiger partial charge in [-0.3, -0.25) is 9.69 Å². The van der Waals surface area contributed by atoms with Gasteiger partial charge in [0.25, 0.3) is 0 Å². The van der Waals surface area contributed by atoms with Gasteiger partial charge in [-0.2, -0.15) is 4.98 Å². The SMILES string of the molecule is COCc1noc(CN2CCC3(CCC(=O)N(CC4CC4)C3)CC2)n1. The zero-order valence-corrected chi connectivity index (χ0v) is 15.1. The van der Waals surface area contributed by atoms with Crippen LogP contribution in [0.4, 0.5) is 0 Å². The molecule has 3 heterocycles. The molecule has 2 aliphatic heterocycles. The minimum Gasteiger partial charge on any atom is -0.377 e. The number of carbonyl (C=O) groups is 1. The molecule has 4 rings (SSSR count). The number of piperidine rings is 2. The Bertz CT molecular complexity index is 605. The van der Waals surface area contributed by atoms with E-state index in [-0.39, 0.29) is 0 Å². The van der Waals surface area contributed by atoms with Crippen molar-refractivity contribution in [3.63, 3.8) is 0 Å². The lowest BCUT2D eigenvalue weighted by molar-refractivity contribution is -0.139. The van der Waals surface area contributed by atoms with Crippen molar-refractivity contribution in [2.75, 3.05) is 33.3 Å². The fraction of sp³-hybridized carbons (Fsp3) is 0.833. The molecule has 7 heteroatoms. The molecule has 1 aromatic rings. The third kappa shape index (κ3) is 4.03. The van der Waals surface area contributed by atoms with Crippen molar-refractivity contribution in [1.82, 2.24) is 19.9 Å². The molecule has 2 saturated heterocycles. The molecule has 1 amide bonds. The average Bonchev–Trinajstić information content (AvgIpc) is 3.32. The Morgan fingerprint density at radius 2 is 2.08 bits per heavy atom. The predicted octanol–water partition coefficient (Wildman–Crippen LogP) is 1.83. The molecule has 25 heavy (non-hydrogen) atoms. The van der Waals surface area contributed by atoms with Gasteiger partial charge < -0.3 is 14.2 Å². The molecule has 7 nitrogen and oxygen atoms in total. The summed E-state index contributed by atoms with van der Waals surface area (Å²) >= 11 is 0. The maximum absolute atomic E-state index is 12.2. The minimum absolute atomic E-state index is 0.329. The van der Waals surface area contributed by atoms with Crippen molar-refractivity contribution < 1.29 is 14.1 Å². The van der Waals surface area contributed by atoms with Crippen LogP contribution in [0.3, 0.4) is 0 Å². The Kier molecular flexibility index (Phi) is 4.78. The highest BCUT2D eigenvalue weighted by Gasteiger charge is 2.42. The number of likely N-dealkylation sites (tertiary alicyclic amines) is 2. The van der Waals surface area contributed by atoms with Gasteiger partial charge in [0.05, 0.1) is 6.54 Å². The van der Waals surface area contributed by atoms with Gasteiger partial charge in [-0.05, 0) is 56.5 Å². The highest BCUT2D eigenvalue weighted by atomic mass is 16.5. The summed E-state index contributed by atoms with van der Waals surface area (Å²) in [6.07, 6.45) is 6.71. The smallest absolute Gasteiger partial charge is 0.240 e. The van der Waals surface area contributed by atoms with Gasteiger partial charge in [-0.15, -0.1) is 0 Å².